The second kappa shape index (κ2) is 10.6. The number of hydrogen-bond donors (Lipinski definition) is 2. The van der Waals surface area contributed by atoms with Crippen LogP contribution in [0.15, 0.2) is 22.7 Å². The molecule has 3 N–H and O–H groups in total. The third-order valence-electron chi connectivity index (χ3n) is 4.82. The first-order chi connectivity index (χ1) is 12.4. The van der Waals surface area contributed by atoms with E-state index in [-0.39, 0.29) is 24.6 Å². The second-order valence-corrected chi connectivity index (χ2v) is 7.87. The smallest absolute Gasteiger partial charge is 0.231 e. The van der Waals surface area contributed by atoms with Crippen LogP contribution in [0.2, 0.25) is 0 Å². The van der Waals surface area contributed by atoms with Gasteiger partial charge in [-0.2, -0.15) is 0 Å². The summed E-state index contributed by atoms with van der Waals surface area (Å²) in [4.78, 5) is 25.3. The Hall–Kier alpha value is -1.47. The van der Waals surface area contributed by atoms with E-state index in [1.54, 1.807) is 6.07 Å². The molecule has 0 atom stereocenters. The van der Waals surface area contributed by atoms with E-state index in [2.05, 4.69) is 21.2 Å². The number of anilines is 1. The third kappa shape index (κ3) is 7.41. The molecule has 0 aromatic heterocycles. The summed E-state index contributed by atoms with van der Waals surface area (Å²) in [5.74, 6) is -0.463. The van der Waals surface area contributed by atoms with Crippen LogP contribution in [0.25, 0.3) is 0 Å². The molecule has 2 rings (SSSR count). The van der Waals surface area contributed by atoms with Gasteiger partial charge in [0, 0.05) is 17.4 Å². The molecule has 26 heavy (non-hydrogen) atoms. The number of primary amides is 1. The number of halogens is 2. The van der Waals surface area contributed by atoms with Crippen molar-refractivity contribution in [3.8, 4) is 0 Å². The Kier molecular flexibility index (Phi) is 8.51. The summed E-state index contributed by atoms with van der Waals surface area (Å²) in [7, 11) is 0. The zero-order valence-corrected chi connectivity index (χ0v) is 16.6. The van der Waals surface area contributed by atoms with Crippen LogP contribution in [0.5, 0.6) is 0 Å². The van der Waals surface area contributed by atoms with E-state index in [9.17, 15) is 14.0 Å². The maximum Gasteiger partial charge on any atom is 0.231 e. The number of nitrogens with zero attached hydrogens (tertiary/aromatic N) is 1. The van der Waals surface area contributed by atoms with Gasteiger partial charge in [0.15, 0.2) is 0 Å². The minimum absolute atomic E-state index is 0.145. The van der Waals surface area contributed by atoms with Gasteiger partial charge < -0.3 is 11.1 Å². The van der Waals surface area contributed by atoms with Crippen LogP contribution in [-0.4, -0.2) is 36.3 Å². The Morgan fingerprint density at radius 3 is 2.62 bits per heavy atom. The Morgan fingerprint density at radius 2 is 1.96 bits per heavy atom. The van der Waals surface area contributed by atoms with Crippen molar-refractivity contribution >= 4 is 33.4 Å². The number of amides is 2. The molecule has 0 radical (unpaired) electrons. The van der Waals surface area contributed by atoms with Crippen molar-refractivity contribution < 1.29 is 14.0 Å². The Bertz CT molecular complexity index is 621. The molecule has 0 saturated heterocycles. The molecule has 1 fully saturated rings. The molecule has 0 heterocycles. The van der Waals surface area contributed by atoms with Gasteiger partial charge in [0.2, 0.25) is 11.8 Å². The van der Waals surface area contributed by atoms with Gasteiger partial charge in [-0.05, 0) is 37.1 Å². The van der Waals surface area contributed by atoms with Gasteiger partial charge in [-0.25, -0.2) is 4.39 Å². The van der Waals surface area contributed by atoms with E-state index in [1.165, 1.54) is 44.2 Å². The quantitative estimate of drug-likeness (QED) is 0.630. The van der Waals surface area contributed by atoms with E-state index >= 15 is 0 Å². The van der Waals surface area contributed by atoms with Crippen LogP contribution in [-0.2, 0) is 9.59 Å². The maximum absolute atomic E-state index is 13.8. The average molecular weight is 428 g/mol. The number of benzene rings is 1. The third-order valence-corrected chi connectivity index (χ3v) is 5.31. The van der Waals surface area contributed by atoms with Crippen molar-refractivity contribution in [1.82, 2.24) is 4.90 Å². The zero-order chi connectivity index (χ0) is 18.9. The van der Waals surface area contributed by atoms with Gasteiger partial charge in [0.05, 0.1) is 12.2 Å². The molecule has 0 spiro atoms. The summed E-state index contributed by atoms with van der Waals surface area (Å²) in [6.07, 6.45) is 7.57. The lowest BCUT2D eigenvalue weighted by Crippen LogP contribution is -2.37. The fourth-order valence-electron chi connectivity index (χ4n) is 3.39. The Labute approximate surface area is 162 Å². The first kappa shape index (κ1) is 20.8. The summed E-state index contributed by atoms with van der Waals surface area (Å²) in [5, 5.41) is 2.57. The van der Waals surface area contributed by atoms with E-state index < -0.39 is 11.7 Å². The normalized spacial score (nSPS) is 15.2. The van der Waals surface area contributed by atoms with E-state index in [0.29, 0.717) is 16.9 Å². The summed E-state index contributed by atoms with van der Waals surface area (Å²) in [5.41, 5.74) is 5.49. The van der Waals surface area contributed by atoms with E-state index in [0.717, 1.165) is 13.0 Å². The van der Waals surface area contributed by atoms with Crippen molar-refractivity contribution in [2.24, 2.45) is 11.7 Å². The highest BCUT2D eigenvalue weighted by Gasteiger charge is 2.17. The van der Waals surface area contributed by atoms with Gasteiger partial charge in [0.25, 0.3) is 0 Å². The summed E-state index contributed by atoms with van der Waals surface area (Å²) in [6, 6.07) is 4.49. The van der Waals surface area contributed by atoms with Crippen molar-refractivity contribution in [2.45, 2.75) is 44.9 Å². The monoisotopic (exact) mass is 427 g/mol. The number of rotatable bonds is 9. The average Bonchev–Trinajstić information content (AvgIpc) is 2.60. The van der Waals surface area contributed by atoms with Gasteiger partial charge in [-0.15, -0.1) is 0 Å². The minimum Gasteiger partial charge on any atom is -0.369 e. The molecule has 1 aromatic carbocycles. The predicted molar refractivity (Wildman–Crippen MR) is 104 cm³/mol. The molecule has 5 nitrogen and oxygen atoms in total. The highest BCUT2D eigenvalue weighted by atomic mass is 79.9. The highest BCUT2D eigenvalue weighted by Crippen LogP contribution is 2.26. The van der Waals surface area contributed by atoms with E-state index in [4.69, 9.17) is 5.73 Å². The molecule has 144 valence electrons. The second-order valence-electron chi connectivity index (χ2n) is 6.96. The van der Waals surface area contributed by atoms with Crippen LogP contribution in [0.1, 0.15) is 44.9 Å². The lowest BCUT2D eigenvalue weighted by Gasteiger charge is -2.26. The molecule has 1 aliphatic carbocycles. The van der Waals surface area contributed by atoms with Gasteiger partial charge in [-0.1, -0.05) is 48.0 Å². The molecule has 0 unspecified atom stereocenters. The SMILES string of the molecule is NC(=O)CN(CCC(=O)Nc1ccc(Br)cc1F)CCC1CCCCC1. The van der Waals surface area contributed by atoms with Gasteiger partial charge >= 0.3 is 0 Å². The topological polar surface area (TPSA) is 75.4 Å². The summed E-state index contributed by atoms with van der Waals surface area (Å²) in [6.45, 7) is 1.33. The molecule has 1 aromatic rings. The van der Waals surface area contributed by atoms with Crippen LogP contribution >= 0.6 is 15.9 Å². The summed E-state index contributed by atoms with van der Waals surface area (Å²) >= 11 is 3.18. The number of carbonyl (C=O) groups excluding carboxylic acids is 2. The highest BCUT2D eigenvalue weighted by molar-refractivity contribution is 9.10. The fourth-order valence-corrected chi connectivity index (χ4v) is 3.73. The van der Waals surface area contributed by atoms with Gasteiger partial charge in [0.1, 0.15) is 5.82 Å². The first-order valence-electron chi connectivity index (χ1n) is 9.19. The summed E-state index contributed by atoms with van der Waals surface area (Å²) < 4.78 is 14.4. The van der Waals surface area contributed by atoms with Crippen molar-refractivity contribution in [1.29, 1.82) is 0 Å². The molecular formula is C19H27BrFN3O2. The molecule has 1 saturated carbocycles. The molecule has 0 aliphatic heterocycles. The molecular weight excluding hydrogens is 401 g/mol. The predicted octanol–water partition coefficient (Wildman–Crippen LogP) is 3.67. The lowest BCUT2D eigenvalue weighted by atomic mass is 9.87. The number of carbonyl (C=O) groups is 2. The zero-order valence-electron chi connectivity index (χ0n) is 15.0. The van der Waals surface area contributed by atoms with Crippen molar-refractivity contribution in [3.63, 3.8) is 0 Å². The molecule has 7 heteroatoms. The van der Waals surface area contributed by atoms with Crippen LogP contribution < -0.4 is 11.1 Å². The van der Waals surface area contributed by atoms with Crippen LogP contribution in [0, 0.1) is 11.7 Å². The van der Waals surface area contributed by atoms with Crippen LogP contribution in [0.3, 0.4) is 0 Å². The van der Waals surface area contributed by atoms with Crippen molar-refractivity contribution in [2.75, 3.05) is 25.0 Å². The number of nitrogens with two attached hydrogens (primary N) is 1. The standard InChI is InChI=1S/C19H27BrFN3O2/c20-15-6-7-17(16(21)12-15)23-19(26)9-11-24(13-18(22)25)10-8-14-4-2-1-3-5-14/h6-7,12,14H,1-5,8-11,13H2,(H2,22,25)(H,23,26). The first-order valence-corrected chi connectivity index (χ1v) is 9.99. The lowest BCUT2D eigenvalue weighted by molar-refractivity contribution is -0.120. The van der Waals surface area contributed by atoms with Crippen LogP contribution in [0.4, 0.5) is 10.1 Å². The molecule has 2 amide bonds. The maximum atomic E-state index is 13.8. The van der Waals surface area contributed by atoms with Crippen molar-refractivity contribution in [3.05, 3.63) is 28.5 Å². The Balaban J connectivity index is 1.80. The number of nitrogens with one attached hydrogen (secondary N) is 1. The minimum atomic E-state index is -0.487. The fraction of sp³-hybridized carbons (Fsp3) is 0.579. The Morgan fingerprint density at radius 1 is 1.23 bits per heavy atom. The number of hydrogen-bond acceptors (Lipinski definition) is 3. The molecule has 1 aliphatic rings. The largest absolute Gasteiger partial charge is 0.369 e. The van der Waals surface area contributed by atoms with Gasteiger partial charge in [-0.3, -0.25) is 14.5 Å². The van der Waals surface area contributed by atoms with E-state index in [1.807, 2.05) is 4.90 Å². The molecule has 0 bridgehead atoms.